The molecule has 0 spiro atoms. The molecule has 3 heteroatoms. The highest BCUT2D eigenvalue weighted by Gasteiger charge is 2.62. The van der Waals surface area contributed by atoms with E-state index >= 15 is 0 Å². The third-order valence-electron chi connectivity index (χ3n) is 9.02. The summed E-state index contributed by atoms with van der Waals surface area (Å²) in [5.74, 6) is 2.02. The Morgan fingerprint density at radius 2 is 2.13 bits per heavy atom. The molecule has 2 saturated carbocycles. The smallest absolute Gasteiger partial charge is 0.308 e. The Morgan fingerprint density at radius 1 is 1.32 bits per heavy atom. The van der Waals surface area contributed by atoms with Gasteiger partial charge < -0.3 is 9.84 Å². The van der Waals surface area contributed by atoms with Crippen LogP contribution in [0, 0.1) is 22.7 Å². The van der Waals surface area contributed by atoms with Crippen molar-refractivity contribution in [2.24, 2.45) is 22.7 Å². The Kier molecular flexibility index (Phi) is 6.36. The third kappa shape index (κ3) is 3.77. The van der Waals surface area contributed by atoms with Crippen LogP contribution < -0.4 is 4.74 Å². The van der Waals surface area contributed by atoms with Gasteiger partial charge in [0.1, 0.15) is 5.75 Å². The Balaban J connectivity index is 1.66. The van der Waals surface area contributed by atoms with Crippen molar-refractivity contribution in [2.75, 3.05) is 0 Å². The first kappa shape index (κ1) is 22.6. The van der Waals surface area contributed by atoms with Gasteiger partial charge in [0.2, 0.25) is 0 Å². The molecule has 3 nitrogen and oxygen atoms in total. The summed E-state index contributed by atoms with van der Waals surface area (Å²) < 4.78 is 5.35. The van der Waals surface area contributed by atoms with Crippen LogP contribution >= 0.6 is 0 Å². The molecule has 0 aromatic heterocycles. The fourth-order valence-electron chi connectivity index (χ4n) is 7.78. The number of aliphatic hydroxyl groups excluding tert-OH is 1. The van der Waals surface area contributed by atoms with Crippen LogP contribution in [0.2, 0.25) is 0 Å². The molecule has 170 valence electrons. The molecule has 1 N–H and O–H groups in total. The van der Waals surface area contributed by atoms with Crippen molar-refractivity contribution in [3.8, 4) is 5.75 Å². The zero-order valence-corrected chi connectivity index (χ0v) is 19.7. The van der Waals surface area contributed by atoms with Crippen LogP contribution in [0.15, 0.2) is 30.9 Å². The van der Waals surface area contributed by atoms with E-state index in [0.29, 0.717) is 23.5 Å². The minimum atomic E-state index is -0.268. The van der Waals surface area contributed by atoms with Crippen molar-refractivity contribution in [3.63, 3.8) is 0 Å². The van der Waals surface area contributed by atoms with Crippen LogP contribution in [0.25, 0.3) is 0 Å². The number of aliphatic hydroxyl groups is 1. The van der Waals surface area contributed by atoms with E-state index in [-0.39, 0.29) is 22.9 Å². The number of carbonyl (C=O) groups excluding carboxylic acids is 1. The molecular formula is C28H40O3. The number of esters is 1. The average molecular weight is 425 g/mol. The summed E-state index contributed by atoms with van der Waals surface area (Å²) >= 11 is 0. The molecule has 0 radical (unpaired) electrons. The molecule has 1 unspecified atom stereocenters. The normalized spacial score (nSPS) is 34.9. The van der Waals surface area contributed by atoms with E-state index in [0.717, 1.165) is 44.9 Å². The van der Waals surface area contributed by atoms with Crippen molar-refractivity contribution in [2.45, 2.75) is 97.0 Å². The lowest BCUT2D eigenvalue weighted by molar-refractivity contribution is -0.131. The van der Waals surface area contributed by atoms with Crippen LogP contribution in [-0.2, 0) is 11.2 Å². The summed E-state index contributed by atoms with van der Waals surface area (Å²) in [7, 11) is 0. The number of hydrogen-bond donors (Lipinski definition) is 1. The molecule has 0 amide bonds. The lowest BCUT2D eigenvalue weighted by Crippen LogP contribution is -2.52. The van der Waals surface area contributed by atoms with E-state index in [1.807, 2.05) is 6.07 Å². The van der Waals surface area contributed by atoms with Gasteiger partial charge in [-0.05, 0) is 91.4 Å². The van der Waals surface area contributed by atoms with Gasteiger partial charge in [-0.15, -0.1) is 6.58 Å². The highest BCUT2D eigenvalue weighted by atomic mass is 16.5. The van der Waals surface area contributed by atoms with Crippen molar-refractivity contribution < 1.29 is 14.6 Å². The number of carbonyl (C=O) groups is 1. The number of hydrogen-bond acceptors (Lipinski definition) is 3. The molecule has 0 heterocycles. The lowest BCUT2D eigenvalue weighted by Gasteiger charge is -2.58. The second-order valence-electron chi connectivity index (χ2n) is 10.7. The highest BCUT2D eigenvalue weighted by Crippen LogP contribution is 2.69. The van der Waals surface area contributed by atoms with Gasteiger partial charge in [-0.2, -0.15) is 0 Å². The van der Waals surface area contributed by atoms with E-state index in [4.69, 9.17) is 4.74 Å². The molecule has 1 aromatic rings. The number of fused-ring (bicyclic) bond motifs is 5. The number of allylic oxidation sites excluding steroid dienone is 1. The molecule has 0 aliphatic heterocycles. The quantitative estimate of drug-likeness (QED) is 0.305. The SMILES string of the molecule is C=C[C@@]12CCc3cc(OC(C)=O)ccc3[C@H]1CC[C@]1(CC(C)CCCC)[C@@H](O)CC[C@@H]21. The van der Waals surface area contributed by atoms with Gasteiger partial charge in [0.05, 0.1) is 6.10 Å². The summed E-state index contributed by atoms with van der Waals surface area (Å²) in [6, 6.07) is 6.22. The number of benzene rings is 1. The van der Waals surface area contributed by atoms with Crippen molar-refractivity contribution in [1.29, 1.82) is 0 Å². The standard InChI is InChI=1S/C28H40O3/c1-5-7-8-19(3)18-28-16-14-24-23-10-9-22(31-20(4)29)17-21(23)13-15-27(24,6-2)25(28)11-12-26(28)30/h6,9-10,17,19,24-26,30H,2,5,7-8,11-16,18H2,1,3-4H3/t19?,24-,25+,26+,27-,28-/m1/s1. The molecule has 4 rings (SSSR count). The molecule has 2 fully saturated rings. The van der Waals surface area contributed by atoms with Gasteiger partial charge >= 0.3 is 5.97 Å². The van der Waals surface area contributed by atoms with Gasteiger partial charge in [0.15, 0.2) is 0 Å². The summed E-state index contributed by atoms with van der Waals surface area (Å²) in [6.07, 6.45) is 13.4. The first-order valence-corrected chi connectivity index (χ1v) is 12.5. The minimum Gasteiger partial charge on any atom is -0.427 e. The Labute approximate surface area is 188 Å². The van der Waals surface area contributed by atoms with Crippen LogP contribution in [0.5, 0.6) is 5.75 Å². The Bertz CT molecular complexity index is 830. The van der Waals surface area contributed by atoms with Crippen LogP contribution in [0.4, 0.5) is 0 Å². The van der Waals surface area contributed by atoms with E-state index in [9.17, 15) is 9.90 Å². The summed E-state index contributed by atoms with van der Waals surface area (Å²) in [5.41, 5.74) is 2.85. The maximum Gasteiger partial charge on any atom is 0.308 e. The third-order valence-corrected chi connectivity index (χ3v) is 9.02. The number of rotatable bonds is 7. The number of unbranched alkanes of at least 4 members (excludes halogenated alkanes) is 1. The Hall–Kier alpha value is -1.61. The summed E-state index contributed by atoms with van der Waals surface area (Å²) in [6.45, 7) is 10.5. The molecule has 0 saturated heterocycles. The molecule has 31 heavy (non-hydrogen) atoms. The zero-order chi connectivity index (χ0) is 22.2. The van der Waals surface area contributed by atoms with Crippen LogP contribution in [0.3, 0.4) is 0 Å². The first-order valence-electron chi connectivity index (χ1n) is 12.5. The van der Waals surface area contributed by atoms with Crippen molar-refractivity contribution >= 4 is 5.97 Å². The summed E-state index contributed by atoms with van der Waals surface area (Å²) in [4.78, 5) is 11.4. The van der Waals surface area contributed by atoms with E-state index in [1.165, 1.54) is 37.3 Å². The van der Waals surface area contributed by atoms with Crippen LogP contribution in [0.1, 0.15) is 95.6 Å². The van der Waals surface area contributed by atoms with Gasteiger partial charge in [0.25, 0.3) is 0 Å². The fraction of sp³-hybridized carbons (Fsp3) is 0.679. The van der Waals surface area contributed by atoms with E-state index < -0.39 is 0 Å². The lowest BCUT2D eigenvalue weighted by atomic mass is 9.46. The van der Waals surface area contributed by atoms with Gasteiger partial charge in [-0.25, -0.2) is 0 Å². The Morgan fingerprint density at radius 3 is 2.84 bits per heavy atom. The zero-order valence-electron chi connectivity index (χ0n) is 19.7. The number of aryl methyl sites for hydroxylation is 1. The predicted molar refractivity (Wildman–Crippen MR) is 125 cm³/mol. The van der Waals surface area contributed by atoms with Crippen LogP contribution in [-0.4, -0.2) is 17.2 Å². The molecule has 1 aromatic carbocycles. The fourth-order valence-corrected chi connectivity index (χ4v) is 7.78. The molecule has 0 bridgehead atoms. The monoisotopic (exact) mass is 424 g/mol. The van der Waals surface area contributed by atoms with Gasteiger partial charge in [0, 0.05) is 12.3 Å². The second-order valence-corrected chi connectivity index (χ2v) is 10.7. The first-order chi connectivity index (χ1) is 14.9. The molecular weight excluding hydrogens is 384 g/mol. The van der Waals surface area contributed by atoms with Gasteiger partial charge in [-0.1, -0.05) is 45.3 Å². The van der Waals surface area contributed by atoms with E-state index in [1.54, 1.807) is 0 Å². The largest absolute Gasteiger partial charge is 0.427 e. The molecule has 3 aliphatic rings. The summed E-state index contributed by atoms with van der Waals surface area (Å²) in [5, 5.41) is 11.3. The molecule has 3 aliphatic carbocycles. The molecule has 6 atom stereocenters. The maximum absolute atomic E-state index is 11.4. The predicted octanol–water partition coefficient (Wildman–Crippen LogP) is 6.58. The van der Waals surface area contributed by atoms with Crippen molar-refractivity contribution in [3.05, 3.63) is 42.0 Å². The second kappa shape index (κ2) is 8.73. The van der Waals surface area contributed by atoms with Crippen molar-refractivity contribution in [1.82, 2.24) is 0 Å². The van der Waals surface area contributed by atoms with E-state index in [2.05, 4.69) is 38.6 Å². The highest BCUT2D eigenvalue weighted by molar-refractivity contribution is 5.69. The topological polar surface area (TPSA) is 46.5 Å². The number of ether oxygens (including phenoxy) is 1. The average Bonchev–Trinajstić information content (AvgIpc) is 3.08. The van der Waals surface area contributed by atoms with Gasteiger partial charge in [-0.3, -0.25) is 4.79 Å². The maximum atomic E-state index is 11.4. The minimum absolute atomic E-state index is 0.0486.